The number of aryl methyl sites for hydroxylation is 1. The Balaban J connectivity index is 2.07. The number of rotatable bonds is 2. The molecular formula is C10H14N4O2S. The molecular weight excluding hydrogens is 240 g/mol. The molecule has 1 fully saturated rings. The van der Waals surface area contributed by atoms with Crippen LogP contribution in [0.2, 0.25) is 0 Å². The number of morpholine rings is 1. The summed E-state index contributed by atoms with van der Waals surface area (Å²) in [5.41, 5.74) is 5.95. The molecule has 0 aliphatic carbocycles. The summed E-state index contributed by atoms with van der Waals surface area (Å²) in [7, 11) is 1.77. The Hall–Kier alpha value is -1.47. The predicted molar refractivity (Wildman–Crippen MR) is 65.6 cm³/mol. The first kappa shape index (κ1) is 12.0. The molecule has 1 aliphatic rings. The Kier molecular flexibility index (Phi) is 3.39. The van der Waals surface area contributed by atoms with Gasteiger partial charge in [-0.1, -0.05) is 12.2 Å². The van der Waals surface area contributed by atoms with Gasteiger partial charge in [-0.25, -0.2) is 0 Å². The summed E-state index contributed by atoms with van der Waals surface area (Å²) in [6, 6.07) is 1.69. The maximum atomic E-state index is 12.1. The number of hydrogen-bond donors (Lipinski definition) is 1. The second kappa shape index (κ2) is 4.80. The summed E-state index contributed by atoms with van der Waals surface area (Å²) in [5, 5.41) is 4.08. The van der Waals surface area contributed by atoms with Crippen LogP contribution in [-0.4, -0.2) is 51.4 Å². The highest BCUT2D eigenvalue weighted by Crippen LogP contribution is 2.09. The molecule has 2 heterocycles. The van der Waals surface area contributed by atoms with Gasteiger partial charge >= 0.3 is 0 Å². The van der Waals surface area contributed by atoms with Gasteiger partial charge in [0.2, 0.25) is 0 Å². The van der Waals surface area contributed by atoms with Crippen molar-refractivity contribution in [3.05, 3.63) is 18.0 Å². The van der Waals surface area contributed by atoms with Gasteiger partial charge in [0.15, 0.2) is 0 Å². The zero-order chi connectivity index (χ0) is 12.4. The number of carbonyl (C=O) groups is 1. The minimum absolute atomic E-state index is 0.116. The molecule has 1 unspecified atom stereocenters. The fraction of sp³-hybridized carbons (Fsp3) is 0.500. The van der Waals surface area contributed by atoms with E-state index in [2.05, 4.69) is 5.10 Å². The van der Waals surface area contributed by atoms with Crippen LogP contribution in [0.25, 0.3) is 0 Å². The third-order valence-corrected chi connectivity index (χ3v) is 2.87. The van der Waals surface area contributed by atoms with Crippen LogP contribution >= 0.6 is 12.2 Å². The first-order valence-corrected chi connectivity index (χ1v) is 5.68. The largest absolute Gasteiger partial charge is 0.391 e. The molecule has 0 saturated carbocycles. The van der Waals surface area contributed by atoms with Crippen molar-refractivity contribution in [1.29, 1.82) is 0 Å². The van der Waals surface area contributed by atoms with Crippen LogP contribution in [0.1, 0.15) is 10.5 Å². The predicted octanol–water partition coefficient (Wildman–Crippen LogP) is -0.453. The molecule has 1 saturated heterocycles. The average Bonchev–Trinajstić information content (AvgIpc) is 2.75. The number of ether oxygens (including phenoxy) is 1. The lowest BCUT2D eigenvalue weighted by atomic mass is 10.2. The average molecular weight is 254 g/mol. The van der Waals surface area contributed by atoms with Crippen molar-refractivity contribution in [1.82, 2.24) is 14.7 Å². The first-order valence-electron chi connectivity index (χ1n) is 5.28. The minimum atomic E-state index is -0.355. The van der Waals surface area contributed by atoms with E-state index in [1.807, 2.05) is 0 Å². The lowest BCUT2D eigenvalue weighted by molar-refractivity contribution is 0.00847. The number of aromatic nitrogens is 2. The second-order valence-electron chi connectivity index (χ2n) is 3.89. The van der Waals surface area contributed by atoms with Crippen LogP contribution in [0.5, 0.6) is 0 Å². The summed E-state index contributed by atoms with van der Waals surface area (Å²) in [5.74, 6) is -0.116. The Morgan fingerprint density at radius 2 is 2.47 bits per heavy atom. The van der Waals surface area contributed by atoms with Crippen molar-refractivity contribution in [2.24, 2.45) is 12.8 Å². The number of hydrogen-bond acceptors (Lipinski definition) is 4. The van der Waals surface area contributed by atoms with Crippen LogP contribution in [-0.2, 0) is 11.8 Å². The highest BCUT2D eigenvalue weighted by atomic mass is 32.1. The third-order valence-electron chi connectivity index (χ3n) is 2.60. The lowest BCUT2D eigenvalue weighted by Crippen LogP contribution is -2.50. The topological polar surface area (TPSA) is 73.4 Å². The van der Waals surface area contributed by atoms with Gasteiger partial charge in [-0.2, -0.15) is 5.10 Å². The highest BCUT2D eigenvalue weighted by molar-refractivity contribution is 7.80. The van der Waals surface area contributed by atoms with Gasteiger partial charge in [0.1, 0.15) is 16.8 Å². The second-order valence-corrected chi connectivity index (χ2v) is 4.36. The summed E-state index contributed by atoms with van der Waals surface area (Å²) in [6.07, 6.45) is 1.38. The molecule has 1 atom stereocenters. The fourth-order valence-corrected chi connectivity index (χ4v) is 1.84. The van der Waals surface area contributed by atoms with E-state index in [4.69, 9.17) is 22.7 Å². The van der Waals surface area contributed by atoms with Crippen LogP contribution in [0.15, 0.2) is 12.3 Å². The van der Waals surface area contributed by atoms with E-state index in [9.17, 15) is 4.79 Å². The van der Waals surface area contributed by atoms with Crippen LogP contribution in [0, 0.1) is 0 Å². The van der Waals surface area contributed by atoms with Gasteiger partial charge < -0.3 is 15.4 Å². The maximum absolute atomic E-state index is 12.1. The number of nitrogens with zero attached hydrogens (tertiary/aromatic N) is 3. The molecule has 17 heavy (non-hydrogen) atoms. The molecule has 6 nitrogen and oxygen atoms in total. The van der Waals surface area contributed by atoms with Gasteiger partial charge in [-0.15, -0.1) is 0 Å². The summed E-state index contributed by atoms with van der Waals surface area (Å²) in [6.45, 7) is 1.37. The van der Waals surface area contributed by atoms with Gasteiger partial charge in [-0.05, 0) is 6.07 Å². The van der Waals surface area contributed by atoms with Crippen LogP contribution < -0.4 is 5.73 Å². The third kappa shape index (κ3) is 2.62. The van der Waals surface area contributed by atoms with E-state index < -0.39 is 0 Å². The molecule has 92 valence electrons. The molecule has 0 aromatic carbocycles. The number of carbonyl (C=O) groups excluding carboxylic acids is 1. The van der Waals surface area contributed by atoms with E-state index in [0.717, 1.165) is 0 Å². The van der Waals surface area contributed by atoms with E-state index in [1.165, 1.54) is 0 Å². The van der Waals surface area contributed by atoms with E-state index >= 15 is 0 Å². The summed E-state index contributed by atoms with van der Waals surface area (Å²) >= 11 is 4.87. The van der Waals surface area contributed by atoms with Crippen molar-refractivity contribution in [2.75, 3.05) is 19.7 Å². The molecule has 2 rings (SSSR count). The molecule has 1 aromatic rings. The normalized spacial score (nSPS) is 20.3. The monoisotopic (exact) mass is 254 g/mol. The van der Waals surface area contributed by atoms with E-state index in [1.54, 1.807) is 28.9 Å². The molecule has 7 heteroatoms. The molecule has 0 bridgehead atoms. The fourth-order valence-electron chi connectivity index (χ4n) is 1.70. The smallest absolute Gasteiger partial charge is 0.274 e. The Bertz CT molecular complexity index is 445. The number of amides is 1. The van der Waals surface area contributed by atoms with E-state index in [0.29, 0.717) is 25.4 Å². The van der Waals surface area contributed by atoms with Crippen molar-refractivity contribution in [3.8, 4) is 0 Å². The molecule has 1 aromatic heterocycles. The van der Waals surface area contributed by atoms with Crippen LogP contribution in [0.3, 0.4) is 0 Å². The molecule has 1 aliphatic heterocycles. The standard InChI is InChI=1S/C10H14N4O2S/c1-13-3-2-7(12-13)10(15)14-4-5-16-8(6-14)9(11)17/h2-3,8H,4-6H2,1H3,(H2,11,17). The van der Waals surface area contributed by atoms with Gasteiger partial charge in [0.05, 0.1) is 13.2 Å². The number of nitrogens with two attached hydrogens (primary N) is 1. The minimum Gasteiger partial charge on any atom is -0.391 e. The van der Waals surface area contributed by atoms with Crippen molar-refractivity contribution >= 4 is 23.1 Å². The van der Waals surface area contributed by atoms with Gasteiger partial charge in [0, 0.05) is 19.8 Å². The quantitative estimate of drug-likeness (QED) is 0.723. The van der Waals surface area contributed by atoms with Crippen molar-refractivity contribution < 1.29 is 9.53 Å². The number of thiocarbonyl (C=S) groups is 1. The summed E-state index contributed by atoms with van der Waals surface area (Å²) < 4.78 is 6.97. The Labute approximate surface area is 104 Å². The molecule has 0 spiro atoms. The maximum Gasteiger partial charge on any atom is 0.274 e. The van der Waals surface area contributed by atoms with Crippen LogP contribution in [0.4, 0.5) is 0 Å². The van der Waals surface area contributed by atoms with E-state index in [-0.39, 0.29) is 17.0 Å². The highest BCUT2D eigenvalue weighted by Gasteiger charge is 2.27. The van der Waals surface area contributed by atoms with Gasteiger partial charge in [0.25, 0.3) is 5.91 Å². The summed E-state index contributed by atoms with van der Waals surface area (Å²) in [4.78, 5) is 14.0. The zero-order valence-corrected chi connectivity index (χ0v) is 10.3. The van der Waals surface area contributed by atoms with Crippen molar-refractivity contribution in [3.63, 3.8) is 0 Å². The molecule has 1 amide bonds. The first-order chi connectivity index (χ1) is 8.08. The Morgan fingerprint density at radius 3 is 3.06 bits per heavy atom. The lowest BCUT2D eigenvalue weighted by Gasteiger charge is -2.31. The van der Waals surface area contributed by atoms with Gasteiger partial charge in [-0.3, -0.25) is 9.48 Å². The van der Waals surface area contributed by atoms with Crippen molar-refractivity contribution in [2.45, 2.75) is 6.10 Å². The Morgan fingerprint density at radius 1 is 1.71 bits per heavy atom. The SMILES string of the molecule is Cn1ccc(C(=O)N2CCOC(C(N)=S)C2)n1. The molecule has 0 radical (unpaired) electrons. The molecule has 2 N–H and O–H groups in total. The zero-order valence-electron chi connectivity index (χ0n) is 9.50.